The molecule has 3 aromatic heterocycles. The Morgan fingerprint density at radius 2 is 2.06 bits per heavy atom. The zero-order valence-corrected chi connectivity index (χ0v) is 19.7. The highest BCUT2D eigenvalue weighted by Crippen LogP contribution is 2.24. The van der Waals surface area contributed by atoms with Gasteiger partial charge in [0.05, 0.1) is 30.4 Å². The number of carbonyl (C=O) groups is 1. The van der Waals surface area contributed by atoms with E-state index in [0.717, 1.165) is 16.7 Å². The van der Waals surface area contributed by atoms with E-state index in [1.54, 1.807) is 47.9 Å². The first-order valence-corrected chi connectivity index (χ1v) is 11.8. The second-order valence-electron chi connectivity index (χ2n) is 7.24. The molecule has 34 heavy (non-hydrogen) atoms. The maximum absolute atomic E-state index is 13.1. The van der Waals surface area contributed by atoms with Crippen molar-refractivity contribution in [2.45, 2.75) is 18.6 Å². The van der Waals surface area contributed by atoms with Crippen molar-refractivity contribution in [3.05, 3.63) is 48.0 Å². The number of anilines is 1. The first kappa shape index (κ1) is 23.6. The summed E-state index contributed by atoms with van der Waals surface area (Å²) >= 11 is 1.55. The number of ether oxygens (including phenoxy) is 1. The molecule has 12 heteroatoms. The smallest absolute Gasteiger partial charge is 0.269 e. The van der Waals surface area contributed by atoms with Gasteiger partial charge in [-0.05, 0) is 36.1 Å². The van der Waals surface area contributed by atoms with Crippen molar-refractivity contribution in [3.63, 3.8) is 0 Å². The van der Waals surface area contributed by atoms with Gasteiger partial charge in [0.15, 0.2) is 10.8 Å². The van der Waals surface area contributed by atoms with Crippen LogP contribution in [-0.2, 0) is 11.3 Å². The summed E-state index contributed by atoms with van der Waals surface area (Å²) < 4.78 is 20.0. The Morgan fingerprint density at radius 3 is 2.82 bits per heavy atom. The first-order chi connectivity index (χ1) is 16.6. The predicted molar refractivity (Wildman–Crippen MR) is 128 cm³/mol. The van der Waals surface area contributed by atoms with Gasteiger partial charge in [-0.15, -0.1) is 0 Å². The molecule has 0 fully saturated rings. The minimum absolute atomic E-state index is 0.295. The first-order valence-electron chi connectivity index (χ1n) is 10.8. The van der Waals surface area contributed by atoms with Crippen molar-refractivity contribution >= 4 is 34.5 Å². The van der Waals surface area contributed by atoms with E-state index in [9.17, 15) is 9.18 Å². The molecule has 0 aliphatic carbocycles. The number of halogens is 1. The van der Waals surface area contributed by atoms with Gasteiger partial charge >= 0.3 is 0 Å². The molecular formula is C22H25FN8O2S. The number of hydrogen-bond acceptors (Lipinski definition) is 8. The molecule has 10 nitrogen and oxygen atoms in total. The third kappa shape index (κ3) is 5.51. The molecule has 1 aromatic carbocycles. The van der Waals surface area contributed by atoms with E-state index in [2.05, 4.69) is 35.9 Å². The van der Waals surface area contributed by atoms with Crippen LogP contribution in [0.3, 0.4) is 0 Å². The Balaban J connectivity index is 1.42. The largest absolute Gasteiger partial charge is 0.383 e. The van der Waals surface area contributed by atoms with E-state index >= 15 is 0 Å². The summed E-state index contributed by atoms with van der Waals surface area (Å²) in [4.78, 5) is 21.8. The fourth-order valence-electron chi connectivity index (χ4n) is 3.28. The Hall–Kier alpha value is -3.51. The Labute approximate surface area is 199 Å². The van der Waals surface area contributed by atoms with Crippen molar-refractivity contribution in [2.24, 2.45) is 0 Å². The molecule has 4 rings (SSSR count). The molecule has 178 valence electrons. The minimum atomic E-state index is -0.327. The molecule has 4 aromatic rings. The number of fused-ring (bicyclic) bond motifs is 1. The van der Waals surface area contributed by atoms with E-state index in [-0.39, 0.29) is 11.7 Å². The van der Waals surface area contributed by atoms with Crippen molar-refractivity contribution in [3.8, 4) is 11.3 Å². The van der Waals surface area contributed by atoms with Crippen LogP contribution in [0, 0.1) is 5.82 Å². The number of nitrogens with one attached hydrogen (secondary N) is 3. The molecule has 0 aliphatic heterocycles. The molecule has 0 radical (unpaired) electrons. The van der Waals surface area contributed by atoms with Crippen molar-refractivity contribution in [1.82, 2.24) is 35.3 Å². The number of rotatable bonds is 11. The van der Waals surface area contributed by atoms with Gasteiger partial charge in [-0.1, -0.05) is 18.7 Å². The molecule has 0 unspecified atom stereocenters. The third-order valence-electron chi connectivity index (χ3n) is 4.92. The van der Waals surface area contributed by atoms with Gasteiger partial charge in [0, 0.05) is 25.8 Å². The van der Waals surface area contributed by atoms with E-state index in [1.807, 2.05) is 6.92 Å². The average molecular weight is 485 g/mol. The molecule has 0 atom stereocenters. The Kier molecular flexibility index (Phi) is 7.70. The van der Waals surface area contributed by atoms with Crippen LogP contribution in [0.2, 0.25) is 0 Å². The lowest BCUT2D eigenvalue weighted by molar-refractivity contribution is 0.0947. The Bertz CT molecular complexity index is 1260. The van der Waals surface area contributed by atoms with E-state index in [0.29, 0.717) is 54.3 Å². The van der Waals surface area contributed by atoms with Gasteiger partial charge in [0.1, 0.15) is 17.3 Å². The molecule has 0 saturated heterocycles. The summed E-state index contributed by atoms with van der Waals surface area (Å²) in [5.74, 6) is 0.930. The molecule has 1 amide bonds. The van der Waals surface area contributed by atoms with Crippen LogP contribution >= 0.6 is 11.8 Å². The summed E-state index contributed by atoms with van der Waals surface area (Å²) in [6.07, 6.45) is 1.72. The third-order valence-corrected chi connectivity index (χ3v) is 5.65. The fraction of sp³-hybridized carbons (Fsp3) is 0.318. The quantitative estimate of drug-likeness (QED) is 0.169. The van der Waals surface area contributed by atoms with Crippen LogP contribution in [0.15, 0.2) is 41.7 Å². The molecule has 0 spiro atoms. The van der Waals surface area contributed by atoms with Gasteiger partial charge in [0.2, 0.25) is 0 Å². The number of aromatic amines is 1. The second kappa shape index (κ2) is 11.1. The highest BCUT2D eigenvalue weighted by atomic mass is 32.2. The molecule has 0 saturated carbocycles. The number of hydrogen-bond donors (Lipinski definition) is 3. The van der Waals surface area contributed by atoms with E-state index in [1.165, 1.54) is 12.1 Å². The van der Waals surface area contributed by atoms with Gasteiger partial charge in [-0.2, -0.15) is 10.2 Å². The van der Waals surface area contributed by atoms with E-state index in [4.69, 9.17) is 4.74 Å². The number of amides is 1. The summed E-state index contributed by atoms with van der Waals surface area (Å²) in [6, 6.07) is 7.56. The summed E-state index contributed by atoms with van der Waals surface area (Å²) in [6.45, 7) is 3.98. The number of thioether (sulfide) groups is 1. The topological polar surface area (TPSA) is 123 Å². The number of H-pyrrole nitrogens is 1. The fourth-order valence-corrected chi connectivity index (χ4v) is 3.84. The second-order valence-corrected chi connectivity index (χ2v) is 8.47. The lowest BCUT2D eigenvalue weighted by atomic mass is 10.1. The zero-order valence-electron chi connectivity index (χ0n) is 18.8. The predicted octanol–water partition coefficient (Wildman–Crippen LogP) is 2.96. The number of nitrogens with zero attached hydrogens (tertiary/aromatic N) is 5. The highest BCUT2D eigenvalue weighted by Gasteiger charge is 2.14. The van der Waals surface area contributed by atoms with Gasteiger partial charge < -0.3 is 15.4 Å². The molecule has 3 N–H and O–H groups in total. The molecule has 0 bridgehead atoms. The summed E-state index contributed by atoms with van der Waals surface area (Å²) in [5.41, 5.74) is 2.29. The van der Waals surface area contributed by atoms with Crippen LogP contribution in [-0.4, -0.2) is 68.4 Å². The molecule has 3 heterocycles. The maximum Gasteiger partial charge on any atom is 0.269 e. The van der Waals surface area contributed by atoms with Gasteiger partial charge in [-0.3, -0.25) is 9.89 Å². The van der Waals surface area contributed by atoms with Crippen molar-refractivity contribution < 1.29 is 13.9 Å². The average Bonchev–Trinajstić information content (AvgIpc) is 3.48. The highest BCUT2D eigenvalue weighted by molar-refractivity contribution is 7.99. The summed E-state index contributed by atoms with van der Waals surface area (Å²) in [7, 11) is 1.65. The van der Waals surface area contributed by atoms with Crippen LogP contribution in [0.4, 0.5) is 10.2 Å². The van der Waals surface area contributed by atoms with Crippen LogP contribution in [0.1, 0.15) is 17.4 Å². The number of methoxy groups -OCH3 is 1. The SMILES string of the molecule is CCSc1nc(NCCOC)c2cnn(CCNC(=O)c3cc(-c4ccc(F)cc4)n[nH]3)c2n1. The monoisotopic (exact) mass is 484 g/mol. The van der Waals surface area contributed by atoms with Crippen LogP contribution < -0.4 is 10.6 Å². The molecule has 0 aliphatic rings. The number of carbonyl (C=O) groups excluding carboxylic acids is 1. The lowest BCUT2D eigenvalue weighted by Gasteiger charge is -2.09. The number of aromatic nitrogens is 6. The zero-order chi connectivity index (χ0) is 23.9. The van der Waals surface area contributed by atoms with Gasteiger partial charge in [0.25, 0.3) is 5.91 Å². The summed E-state index contributed by atoms with van der Waals surface area (Å²) in [5, 5.41) is 18.9. The van der Waals surface area contributed by atoms with Gasteiger partial charge in [-0.25, -0.2) is 19.0 Å². The van der Waals surface area contributed by atoms with Crippen molar-refractivity contribution in [1.29, 1.82) is 0 Å². The van der Waals surface area contributed by atoms with Crippen LogP contribution in [0.5, 0.6) is 0 Å². The van der Waals surface area contributed by atoms with E-state index < -0.39 is 0 Å². The lowest BCUT2D eigenvalue weighted by Crippen LogP contribution is -2.27. The Morgan fingerprint density at radius 1 is 1.24 bits per heavy atom. The van der Waals surface area contributed by atoms with Crippen LogP contribution in [0.25, 0.3) is 22.3 Å². The normalized spacial score (nSPS) is 11.1. The maximum atomic E-state index is 13.1. The molecular weight excluding hydrogens is 459 g/mol. The van der Waals surface area contributed by atoms with Crippen molar-refractivity contribution in [2.75, 3.05) is 37.9 Å². The minimum Gasteiger partial charge on any atom is -0.383 e. The standard InChI is InChI=1S/C22H25FN8O2S/c1-3-34-22-27-19(24-9-11-33-2)16-13-26-31(20(16)28-22)10-8-25-21(32)18-12-17(29-30-18)14-4-6-15(23)7-5-14/h4-7,12-13H,3,8-11H2,1-2H3,(H,25,32)(H,29,30)(H,24,27,28). The number of benzene rings is 1.